The van der Waals surface area contributed by atoms with Gasteiger partial charge in [-0.1, -0.05) is 0 Å². The number of carbonyl (C=O) groups is 1. The van der Waals surface area contributed by atoms with Gasteiger partial charge in [0.1, 0.15) is 11.4 Å². The van der Waals surface area contributed by atoms with Crippen molar-refractivity contribution in [2.24, 2.45) is 5.73 Å². The van der Waals surface area contributed by atoms with Crippen LogP contribution in [0.4, 0.5) is 4.79 Å². The van der Waals surface area contributed by atoms with Gasteiger partial charge in [-0.2, -0.15) is 0 Å². The van der Waals surface area contributed by atoms with Crippen LogP contribution in [0.3, 0.4) is 0 Å². The molecule has 0 aliphatic carbocycles. The number of fused-ring (bicyclic) bond motifs is 1. The van der Waals surface area contributed by atoms with Crippen molar-refractivity contribution in [3.05, 3.63) is 18.2 Å². The van der Waals surface area contributed by atoms with Crippen molar-refractivity contribution >= 4 is 6.09 Å². The number of hydrogen-bond acceptors (Lipinski definition) is 5. The number of alkyl carbamates (subject to hydrolysis) is 1. The fourth-order valence-corrected chi connectivity index (χ4v) is 2.38. The minimum atomic E-state index is -0.488. The summed E-state index contributed by atoms with van der Waals surface area (Å²) in [6.07, 6.45) is 3.40. The summed E-state index contributed by atoms with van der Waals surface area (Å²) in [7, 11) is 0. The van der Waals surface area contributed by atoms with Gasteiger partial charge in [-0.15, -0.1) is 0 Å². The molecule has 1 amide bonds. The van der Waals surface area contributed by atoms with Crippen LogP contribution >= 0.6 is 0 Å². The van der Waals surface area contributed by atoms with Gasteiger partial charge >= 0.3 is 6.09 Å². The molecule has 7 heteroatoms. The van der Waals surface area contributed by atoms with Crippen LogP contribution in [0.1, 0.15) is 26.6 Å². The van der Waals surface area contributed by atoms with Gasteiger partial charge in [0.05, 0.1) is 6.54 Å². The maximum atomic E-state index is 11.7. The third kappa shape index (κ3) is 4.44. The monoisotopic (exact) mass is 295 g/mol. The average molecular weight is 295 g/mol. The van der Waals surface area contributed by atoms with Crippen LogP contribution in [0.2, 0.25) is 0 Å². The minimum absolute atomic E-state index is 0.0861. The fraction of sp³-hybridized carbons (Fsp3) is 0.714. The molecule has 3 N–H and O–H groups in total. The molecule has 0 radical (unpaired) electrons. The van der Waals surface area contributed by atoms with Crippen molar-refractivity contribution in [1.29, 1.82) is 0 Å². The number of amides is 1. The molecule has 2 rings (SSSR count). The van der Waals surface area contributed by atoms with E-state index >= 15 is 0 Å². The van der Waals surface area contributed by atoms with E-state index in [-0.39, 0.29) is 6.04 Å². The Morgan fingerprint density at radius 3 is 2.95 bits per heavy atom. The first kappa shape index (κ1) is 15.8. The second kappa shape index (κ2) is 6.44. The minimum Gasteiger partial charge on any atom is -0.444 e. The first-order chi connectivity index (χ1) is 9.89. The molecule has 2 heterocycles. The lowest BCUT2D eigenvalue weighted by molar-refractivity contribution is 0.0501. The quantitative estimate of drug-likeness (QED) is 0.847. The Bertz CT molecular complexity index is 480. The topological polar surface area (TPSA) is 85.4 Å². The Morgan fingerprint density at radius 1 is 1.52 bits per heavy atom. The van der Waals surface area contributed by atoms with Crippen LogP contribution in [0.25, 0.3) is 0 Å². The predicted molar refractivity (Wildman–Crippen MR) is 79.7 cm³/mol. The highest BCUT2D eigenvalue weighted by atomic mass is 16.6. The molecule has 1 aromatic rings. The van der Waals surface area contributed by atoms with E-state index in [1.54, 1.807) is 0 Å². The molecule has 1 atom stereocenters. The zero-order chi connectivity index (χ0) is 15.5. The summed E-state index contributed by atoms with van der Waals surface area (Å²) in [5, 5.41) is 2.80. The van der Waals surface area contributed by atoms with Crippen molar-refractivity contribution in [3.63, 3.8) is 0 Å². The normalized spacial score (nSPS) is 17.1. The molecule has 7 nitrogen and oxygen atoms in total. The summed E-state index contributed by atoms with van der Waals surface area (Å²) in [6.45, 7) is 9.05. The smallest absolute Gasteiger partial charge is 0.407 e. The summed E-state index contributed by atoms with van der Waals surface area (Å²) >= 11 is 0. The largest absolute Gasteiger partial charge is 0.444 e. The molecular formula is C14H25N5O2. The van der Waals surface area contributed by atoms with Crippen LogP contribution in [0, 0.1) is 0 Å². The Hall–Kier alpha value is -1.60. The van der Waals surface area contributed by atoms with Gasteiger partial charge in [-0.3, -0.25) is 4.90 Å². The van der Waals surface area contributed by atoms with Gasteiger partial charge in [0, 0.05) is 44.6 Å². The lowest BCUT2D eigenvalue weighted by Crippen LogP contribution is -2.51. The number of ether oxygens (including phenoxy) is 1. The number of nitrogens with zero attached hydrogens (tertiary/aromatic N) is 3. The highest BCUT2D eigenvalue weighted by molar-refractivity contribution is 5.67. The molecule has 118 valence electrons. The number of nitrogens with two attached hydrogens (primary N) is 1. The summed E-state index contributed by atoms with van der Waals surface area (Å²) in [4.78, 5) is 18.3. The van der Waals surface area contributed by atoms with Gasteiger partial charge in [0.2, 0.25) is 0 Å². The highest BCUT2D eigenvalue weighted by Gasteiger charge is 2.24. The van der Waals surface area contributed by atoms with Crippen molar-refractivity contribution in [2.45, 2.75) is 45.5 Å². The van der Waals surface area contributed by atoms with E-state index < -0.39 is 11.7 Å². The molecule has 0 aromatic carbocycles. The molecule has 1 aromatic heterocycles. The van der Waals surface area contributed by atoms with Gasteiger partial charge in [0.15, 0.2) is 0 Å². The first-order valence-electron chi connectivity index (χ1n) is 7.30. The van der Waals surface area contributed by atoms with Crippen molar-refractivity contribution in [3.8, 4) is 0 Å². The average Bonchev–Trinajstić information content (AvgIpc) is 2.84. The maximum Gasteiger partial charge on any atom is 0.407 e. The number of nitrogens with one attached hydrogen (secondary N) is 1. The zero-order valence-corrected chi connectivity index (χ0v) is 13.0. The van der Waals surface area contributed by atoms with E-state index in [4.69, 9.17) is 10.5 Å². The third-order valence-electron chi connectivity index (χ3n) is 3.44. The molecule has 1 unspecified atom stereocenters. The van der Waals surface area contributed by atoms with Crippen LogP contribution < -0.4 is 11.1 Å². The Kier molecular flexibility index (Phi) is 4.84. The second-order valence-electron chi connectivity index (χ2n) is 6.28. The predicted octanol–water partition coefficient (Wildman–Crippen LogP) is 0.551. The lowest BCUT2D eigenvalue weighted by atomic mass is 10.2. The molecule has 1 aliphatic rings. The second-order valence-corrected chi connectivity index (χ2v) is 6.28. The fourth-order valence-electron chi connectivity index (χ4n) is 2.38. The highest BCUT2D eigenvalue weighted by Crippen LogP contribution is 2.13. The lowest BCUT2D eigenvalue weighted by Gasteiger charge is -2.34. The Balaban J connectivity index is 1.85. The number of imidazole rings is 1. The van der Waals surface area contributed by atoms with Gasteiger partial charge in [-0.25, -0.2) is 9.78 Å². The third-order valence-corrected chi connectivity index (χ3v) is 3.44. The molecule has 21 heavy (non-hydrogen) atoms. The summed E-state index contributed by atoms with van der Waals surface area (Å²) < 4.78 is 7.38. The molecule has 0 saturated carbocycles. The van der Waals surface area contributed by atoms with Crippen molar-refractivity contribution in [1.82, 2.24) is 19.8 Å². The van der Waals surface area contributed by atoms with E-state index in [0.29, 0.717) is 13.1 Å². The van der Waals surface area contributed by atoms with Crippen LogP contribution in [-0.2, 0) is 17.8 Å². The Labute approximate surface area is 125 Å². The van der Waals surface area contributed by atoms with Crippen LogP contribution in [-0.4, -0.2) is 51.8 Å². The molecule has 0 bridgehead atoms. The van der Waals surface area contributed by atoms with E-state index in [9.17, 15) is 4.79 Å². The van der Waals surface area contributed by atoms with Crippen LogP contribution in [0.5, 0.6) is 0 Å². The van der Waals surface area contributed by atoms with Crippen molar-refractivity contribution < 1.29 is 9.53 Å². The van der Waals surface area contributed by atoms with Gasteiger partial charge < -0.3 is 20.4 Å². The number of rotatable bonds is 4. The van der Waals surface area contributed by atoms with E-state index in [1.165, 1.54) is 0 Å². The van der Waals surface area contributed by atoms with E-state index in [2.05, 4.69) is 19.8 Å². The molecule has 0 spiro atoms. The number of carbonyl (C=O) groups excluding carboxylic acids is 1. The SMILES string of the molecule is CC(C)(C)OC(=O)NCC(CN)N1CCn2ccnc2C1. The number of aromatic nitrogens is 2. The van der Waals surface area contributed by atoms with E-state index in [0.717, 1.165) is 25.5 Å². The van der Waals surface area contributed by atoms with Gasteiger partial charge in [0.25, 0.3) is 0 Å². The molecule has 0 fully saturated rings. The molecule has 0 saturated heterocycles. The summed E-state index contributed by atoms with van der Waals surface area (Å²) in [5.41, 5.74) is 5.36. The maximum absolute atomic E-state index is 11.7. The molecule has 1 aliphatic heterocycles. The summed E-state index contributed by atoms with van der Waals surface area (Å²) in [5.74, 6) is 1.04. The Morgan fingerprint density at radius 2 is 2.29 bits per heavy atom. The summed E-state index contributed by atoms with van der Waals surface area (Å²) in [6, 6.07) is 0.0861. The van der Waals surface area contributed by atoms with Gasteiger partial charge in [-0.05, 0) is 20.8 Å². The first-order valence-corrected chi connectivity index (χ1v) is 7.30. The van der Waals surface area contributed by atoms with E-state index in [1.807, 2.05) is 33.2 Å². The van der Waals surface area contributed by atoms with Crippen LogP contribution in [0.15, 0.2) is 12.4 Å². The standard InChI is InChI=1S/C14H25N5O2/c1-14(2,3)21-13(20)17-9-11(8-15)19-7-6-18-5-4-16-12(18)10-19/h4-5,11H,6-10,15H2,1-3H3,(H,17,20). The zero-order valence-electron chi connectivity index (χ0n) is 13.0. The molecular weight excluding hydrogens is 270 g/mol. The number of hydrogen-bond donors (Lipinski definition) is 2. The van der Waals surface area contributed by atoms with Crippen molar-refractivity contribution in [2.75, 3.05) is 19.6 Å².